The fraction of sp³-hybridized carbons (Fsp3) is 0.846. The molecule has 0 N–H and O–H groups in total. The van der Waals surface area contributed by atoms with Gasteiger partial charge in [-0.05, 0) is 6.42 Å². The number of carbonyl (C=O) groups is 2. The van der Waals surface area contributed by atoms with E-state index in [9.17, 15) is 9.59 Å². The fourth-order valence-corrected chi connectivity index (χ4v) is 1.67. The molecule has 0 bridgehead atoms. The van der Waals surface area contributed by atoms with Crippen molar-refractivity contribution >= 4 is 12.1 Å². The van der Waals surface area contributed by atoms with Crippen LogP contribution in [0.15, 0.2) is 0 Å². The Bertz CT molecular complexity index is 164. The third-order valence-corrected chi connectivity index (χ3v) is 2.66. The van der Waals surface area contributed by atoms with Crippen molar-refractivity contribution in [2.45, 2.75) is 71.1 Å². The Balaban J connectivity index is 2.98. The first kappa shape index (κ1) is 14.3. The number of hydrogen-bond donors (Lipinski definition) is 0. The lowest BCUT2D eigenvalue weighted by Gasteiger charge is -2.00. The first-order valence-corrected chi connectivity index (χ1v) is 6.29. The van der Waals surface area contributed by atoms with E-state index >= 15 is 0 Å². The molecule has 0 aliphatic carbocycles. The summed E-state index contributed by atoms with van der Waals surface area (Å²) in [5.74, 6) is -0.252. The van der Waals surface area contributed by atoms with Crippen molar-refractivity contribution in [2.24, 2.45) is 0 Å². The van der Waals surface area contributed by atoms with Gasteiger partial charge in [0.1, 0.15) is 0 Å². The van der Waals surface area contributed by atoms with Gasteiger partial charge in [0.15, 0.2) is 12.1 Å². The first-order valence-electron chi connectivity index (χ1n) is 6.29. The monoisotopic (exact) mass is 212 g/mol. The quantitative estimate of drug-likeness (QED) is 0.297. The molecule has 2 nitrogen and oxygen atoms in total. The summed E-state index contributed by atoms with van der Waals surface area (Å²) < 4.78 is 0. The van der Waals surface area contributed by atoms with Crippen LogP contribution in [-0.4, -0.2) is 12.1 Å². The highest BCUT2D eigenvalue weighted by Crippen LogP contribution is 2.10. The maximum Gasteiger partial charge on any atom is 0.195 e. The zero-order valence-corrected chi connectivity index (χ0v) is 9.96. The van der Waals surface area contributed by atoms with Crippen LogP contribution in [0.4, 0.5) is 0 Å². The van der Waals surface area contributed by atoms with Crippen molar-refractivity contribution in [1.82, 2.24) is 0 Å². The van der Waals surface area contributed by atoms with E-state index in [0.717, 1.165) is 12.8 Å². The molecule has 15 heavy (non-hydrogen) atoms. The Morgan fingerprint density at radius 3 is 1.80 bits per heavy atom. The molecule has 2 heteroatoms. The summed E-state index contributed by atoms with van der Waals surface area (Å²) in [5.41, 5.74) is 0. The normalized spacial score (nSPS) is 10.2. The molecule has 0 fully saturated rings. The largest absolute Gasteiger partial charge is 0.295 e. The minimum atomic E-state index is -0.252. The van der Waals surface area contributed by atoms with Gasteiger partial charge in [0.2, 0.25) is 0 Å². The van der Waals surface area contributed by atoms with Gasteiger partial charge >= 0.3 is 0 Å². The maximum atomic E-state index is 10.7. The molecule has 0 saturated heterocycles. The molecule has 0 heterocycles. The van der Waals surface area contributed by atoms with E-state index in [1.54, 1.807) is 0 Å². The zero-order valence-electron chi connectivity index (χ0n) is 9.96. The minimum Gasteiger partial charge on any atom is -0.295 e. The molecule has 0 unspecified atom stereocenters. The number of ketones is 1. The third-order valence-electron chi connectivity index (χ3n) is 2.66. The van der Waals surface area contributed by atoms with Gasteiger partial charge in [-0.25, -0.2) is 0 Å². The van der Waals surface area contributed by atoms with E-state index in [1.165, 1.54) is 44.9 Å². The summed E-state index contributed by atoms with van der Waals surface area (Å²) in [5, 5.41) is 0. The van der Waals surface area contributed by atoms with Gasteiger partial charge in [-0.1, -0.05) is 58.3 Å². The van der Waals surface area contributed by atoms with Gasteiger partial charge in [0, 0.05) is 6.42 Å². The van der Waals surface area contributed by atoms with Crippen molar-refractivity contribution in [2.75, 3.05) is 0 Å². The first-order chi connectivity index (χ1) is 7.31. The number of Topliss-reactive ketones (excluding diaryl/α,β-unsaturated/α-hetero) is 1. The van der Waals surface area contributed by atoms with Crippen molar-refractivity contribution in [1.29, 1.82) is 0 Å². The van der Waals surface area contributed by atoms with Crippen molar-refractivity contribution in [3.8, 4) is 0 Å². The second-order valence-electron chi connectivity index (χ2n) is 4.16. The molecule has 0 atom stereocenters. The van der Waals surface area contributed by atoms with E-state index in [2.05, 4.69) is 6.92 Å². The molecule has 0 aliphatic heterocycles. The Morgan fingerprint density at radius 1 is 0.867 bits per heavy atom. The summed E-state index contributed by atoms with van der Waals surface area (Å²) in [7, 11) is 0. The summed E-state index contributed by atoms with van der Waals surface area (Å²) in [6, 6.07) is 0. The lowest BCUT2D eigenvalue weighted by Crippen LogP contribution is -1.97. The molecule has 0 amide bonds. The molecular weight excluding hydrogens is 188 g/mol. The summed E-state index contributed by atoms with van der Waals surface area (Å²) in [6.07, 6.45) is 12.0. The molecule has 88 valence electrons. The van der Waals surface area contributed by atoms with Crippen molar-refractivity contribution in [3.05, 3.63) is 0 Å². The topological polar surface area (TPSA) is 34.1 Å². The summed E-state index contributed by atoms with van der Waals surface area (Å²) >= 11 is 0. The van der Waals surface area contributed by atoms with Gasteiger partial charge in [-0.15, -0.1) is 0 Å². The highest BCUT2D eigenvalue weighted by atomic mass is 16.2. The smallest absolute Gasteiger partial charge is 0.195 e. The van der Waals surface area contributed by atoms with Crippen LogP contribution in [0.2, 0.25) is 0 Å². The van der Waals surface area contributed by atoms with Crippen LogP contribution in [0.5, 0.6) is 0 Å². The molecule has 0 aromatic heterocycles. The molecule has 0 saturated carbocycles. The van der Waals surface area contributed by atoms with Crippen LogP contribution in [0.3, 0.4) is 0 Å². The van der Waals surface area contributed by atoms with Crippen LogP contribution in [0.1, 0.15) is 71.1 Å². The third kappa shape index (κ3) is 11.3. The van der Waals surface area contributed by atoms with Crippen LogP contribution in [0, 0.1) is 0 Å². The number of hydrogen-bond acceptors (Lipinski definition) is 2. The van der Waals surface area contributed by atoms with Gasteiger partial charge in [0.05, 0.1) is 0 Å². The summed E-state index contributed by atoms with van der Waals surface area (Å²) in [4.78, 5) is 20.7. The number of unbranched alkanes of at least 4 members (excludes halogenated alkanes) is 8. The van der Waals surface area contributed by atoms with Crippen LogP contribution < -0.4 is 0 Å². The number of carbonyl (C=O) groups excluding carboxylic acids is 2. The van der Waals surface area contributed by atoms with Crippen molar-refractivity contribution in [3.63, 3.8) is 0 Å². The van der Waals surface area contributed by atoms with Crippen LogP contribution >= 0.6 is 0 Å². The minimum absolute atomic E-state index is 0.252. The highest BCUT2D eigenvalue weighted by molar-refractivity contribution is 6.24. The second kappa shape index (κ2) is 11.4. The maximum absolute atomic E-state index is 10.7. The Hall–Kier alpha value is -0.660. The average Bonchev–Trinajstić information content (AvgIpc) is 2.26. The number of aldehydes is 1. The molecule has 0 spiro atoms. The highest BCUT2D eigenvalue weighted by Gasteiger charge is 1.98. The average molecular weight is 212 g/mol. The predicted octanol–water partition coefficient (Wildman–Crippen LogP) is 3.68. The van der Waals surface area contributed by atoms with Crippen LogP contribution in [0.25, 0.3) is 0 Å². The molecular formula is C13H24O2. The van der Waals surface area contributed by atoms with Gasteiger partial charge < -0.3 is 0 Å². The number of rotatable bonds is 11. The molecule has 0 aliphatic rings. The predicted molar refractivity (Wildman–Crippen MR) is 62.9 cm³/mol. The fourth-order valence-electron chi connectivity index (χ4n) is 1.67. The van der Waals surface area contributed by atoms with Crippen LogP contribution in [-0.2, 0) is 9.59 Å². The van der Waals surface area contributed by atoms with Gasteiger partial charge in [-0.2, -0.15) is 0 Å². The van der Waals surface area contributed by atoms with E-state index < -0.39 is 0 Å². The standard InChI is InChI=1S/C13H24O2/c1-2-3-4-5-6-7-8-9-10-11-13(15)12-14/h12H,2-11H2,1H3. The van der Waals surface area contributed by atoms with E-state index in [1.807, 2.05) is 0 Å². The molecule has 0 rings (SSSR count). The van der Waals surface area contributed by atoms with Gasteiger partial charge in [0.25, 0.3) is 0 Å². The molecule has 0 radical (unpaired) electrons. The lowest BCUT2D eigenvalue weighted by atomic mass is 10.1. The Labute approximate surface area is 93.4 Å². The zero-order chi connectivity index (χ0) is 11.4. The lowest BCUT2D eigenvalue weighted by molar-refractivity contribution is -0.129. The Morgan fingerprint density at radius 2 is 1.33 bits per heavy atom. The summed E-state index contributed by atoms with van der Waals surface area (Å²) in [6.45, 7) is 2.23. The van der Waals surface area contributed by atoms with Crippen molar-refractivity contribution < 1.29 is 9.59 Å². The SMILES string of the molecule is CCCCCCCCCCCC(=O)C=O. The van der Waals surface area contributed by atoms with E-state index in [-0.39, 0.29) is 5.78 Å². The molecule has 0 aromatic rings. The van der Waals surface area contributed by atoms with E-state index in [4.69, 9.17) is 0 Å². The Kier molecular flexibility index (Phi) is 10.9. The van der Waals surface area contributed by atoms with Gasteiger partial charge in [-0.3, -0.25) is 9.59 Å². The van der Waals surface area contributed by atoms with E-state index in [0.29, 0.717) is 12.7 Å². The molecule has 0 aromatic carbocycles. The second-order valence-corrected chi connectivity index (χ2v) is 4.16.